The lowest BCUT2D eigenvalue weighted by atomic mass is 10.3. The molecule has 14 heavy (non-hydrogen) atoms. The second kappa shape index (κ2) is 3.28. The molecule has 0 aliphatic carbocycles. The number of nitrogens with zero attached hydrogens (tertiary/aromatic N) is 2. The zero-order valence-corrected chi connectivity index (χ0v) is 7.58. The van der Waals surface area contributed by atoms with E-state index in [4.69, 9.17) is 0 Å². The highest BCUT2D eigenvalue weighted by Crippen LogP contribution is 2.05. The smallest absolute Gasteiger partial charge is 0.249 e. The molecule has 0 saturated heterocycles. The Kier molecular flexibility index (Phi) is 2.10. The van der Waals surface area contributed by atoms with Crippen LogP contribution in [0.4, 0.5) is 0 Å². The number of pyridine rings is 1. The highest BCUT2D eigenvalue weighted by molar-refractivity contribution is 7.78. The SMILES string of the molecule is O=c1ccc2cnc(S(=O)[O-])nc2[nH]1. The molecule has 1 N–H and O–H groups in total. The maximum atomic E-state index is 10.9. The molecule has 0 fully saturated rings. The lowest BCUT2D eigenvalue weighted by Crippen LogP contribution is -2.06. The first-order chi connectivity index (χ1) is 6.66. The van der Waals surface area contributed by atoms with Crippen LogP contribution in [0.1, 0.15) is 0 Å². The summed E-state index contributed by atoms with van der Waals surface area (Å²) in [6.07, 6.45) is 1.34. The number of rotatable bonds is 1. The van der Waals surface area contributed by atoms with Gasteiger partial charge in [0.05, 0.1) is 0 Å². The lowest BCUT2D eigenvalue weighted by molar-refractivity contribution is 0.529. The van der Waals surface area contributed by atoms with Gasteiger partial charge in [-0.1, -0.05) is 0 Å². The topological polar surface area (TPSA) is 98.8 Å². The molecule has 2 aromatic heterocycles. The van der Waals surface area contributed by atoms with Gasteiger partial charge in [0, 0.05) is 28.7 Å². The van der Waals surface area contributed by atoms with E-state index in [-0.39, 0.29) is 16.4 Å². The molecule has 2 heterocycles. The number of nitrogens with one attached hydrogen (secondary N) is 1. The zero-order valence-electron chi connectivity index (χ0n) is 6.76. The van der Waals surface area contributed by atoms with Gasteiger partial charge in [0.25, 0.3) is 0 Å². The van der Waals surface area contributed by atoms with Crippen molar-refractivity contribution < 1.29 is 8.76 Å². The van der Waals surface area contributed by atoms with Crippen LogP contribution in [0.3, 0.4) is 0 Å². The minimum Gasteiger partial charge on any atom is -0.766 e. The van der Waals surface area contributed by atoms with E-state index in [0.29, 0.717) is 5.39 Å². The number of fused-ring (bicyclic) bond motifs is 1. The van der Waals surface area contributed by atoms with Crippen LogP contribution < -0.4 is 5.56 Å². The quantitative estimate of drug-likeness (QED) is 0.508. The van der Waals surface area contributed by atoms with Crippen molar-refractivity contribution in [2.24, 2.45) is 0 Å². The van der Waals surface area contributed by atoms with Gasteiger partial charge in [-0.15, -0.1) is 0 Å². The van der Waals surface area contributed by atoms with Crippen LogP contribution in [0, 0.1) is 0 Å². The van der Waals surface area contributed by atoms with Gasteiger partial charge in [-0.25, -0.2) is 9.97 Å². The van der Waals surface area contributed by atoms with Gasteiger partial charge in [0.2, 0.25) is 10.7 Å². The molecule has 1 unspecified atom stereocenters. The third-order valence-electron chi connectivity index (χ3n) is 1.60. The van der Waals surface area contributed by atoms with E-state index in [2.05, 4.69) is 15.0 Å². The van der Waals surface area contributed by atoms with E-state index < -0.39 is 11.1 Å². The molecule has 0 aliphatic rings. The van der Waals surface area contributed by atoms with Gasteiger partial charge in [0.15, 0.2) is 0 Å². The molecule has 2 rings (SSSR count). The van der Waals surface area contributed by atoms with Crippen LogP contribution in [0.25, 0.3) is 11.0 Å². The number of H-pyrrole nitrogens is 1. The monoisotopic (exact) mass is 210 g/mol. The van der Waals surface area contributed by atoms with Crippen molar-refractivity contribution in [1.29, 1.82) is 0 Å². The molecule has 0 saturated carbocycles. The van der Waals surface area contributed by atoms with E-state index in [1.54, 1.807) is 0 Å². The number of hydrogen-bond donors (Lipinski definition) is 1. The second-order valence-electron chi connectivity index (χ2n) is 2.51. The fourth-order valence-corrected chi connectivity index (χ4v) is 1.31. The molecule has 0 aromatic carbocycles. The van der Waals surface area contributed by atoms with Crippen molar-refractivity contribution >= 4 is 22.1 Å². The minimum absolute atomic E-state index is 0.215. The molecule has 0 spiro atoms. The molecule has 72 valence electrons. The van der Waals surface area contributed by atoms with E-state index in [1.807, 2.05) is 0 Å². The summed E-state index contributed by atoms with van der Waals surface area (Å²) in [6.45, 7) is 0. The first-order valence-corrected chi connectivity index (χ1v) is 4.69. The van der Waals surface area contributed by atoms with Crippen LogP contribution in [0.15, 0.2) is 28.3 Å². The Balaban J connectivity index is 2.75. The third-order valence-corrected chi connectivity index (χ3v) is 2.09. The Morgan fingerprint density at radius 2 is 2.21 bits per heavy atom. The average molecular weight is 210 g/mol. The van der Waals surface area contributed by atoms with Crippen LogP contribution in [0.2, 0.25) is 0 Å². The maximum Gasteiger partial charge on any atom is 0.249 e. The number of aromatic nitrogens is 3. The van der Waals surface area contributed by atoms with E-state index in [0.717, 1.165) is 0 Å². The Morgan fingerprint density at radius 1 is 1.43 bits per heavy atom. The molecule has 6 nitrogen and oxygen atoms in total. The van der Waals surface area contributed by atoms with Crippen molar-refractivity contribution in [2.75, 3.05) is 0 Å². The van der Waals surface area contributed by atoms with Gasteiger partial charge in [-0.3, -0.25) is 9.00 Å². The average Bonchev–Trinajstić information content (AvgIpc) is 2.16. The highest BCUT2D eigenvalue weighted by atomic mass is 32.2. The van der Waals surface area contributed by atoms with E-state index >= 15 is 0 Å². The molecular formula is C7H4N3O3S-. The predicted molar refractivity (Wildman–Crippen MR) is 47.3 cm³/mol. The van der Waals surface area contributed by atoms with Crippen LogP contribution in [-0.4, -0.2) is 23.7 Å². The molecule has 0 aliphatic heterocycles. The summed E-state index contributed by atoms with van der Waals surface area (Å²) in [6, 6.07) is 2.84. The first-order valence-electron chi connectivity index (χ1n) is 3.62. The van der Waals surface area contributed by atoms with Crippen LogP contribution >= 0.6 is 0 Å². The fraction of sp³-hybridized carbons (Fsp3) is 0. The number of aromatic amines is 1. The standard InChI is InChI=1S/C7H5N3O3S/c11-5-2-1-4-3-8-7(14(12)13)10-6(4)9-5/h1-3H,(H,12,13)(H,8,9,10,11)/p-1. The van der Waals surface area contributed by atoms with Crippen LogP contribution in [0.5, 0.6) is 0 Å². The summed E-state index contributed by atoms with van der Waals surface area (Å²) in [7, 11) is 0. The van der Waals surface area contributed by atoms with Crippen molar-refractivity contribution in [1.82, 2.24) is 15.0 Å². The summed E-state index contributed by atoms with van der Waals surface area (Å²) in [5.74, 6) is 0. The van der Waals surface area contributed by atoms with Gasteiger partial charge >= 0.3 is 0 Å². The normalized spacial score (nSPS) is 12.9. The summed E-state index contributed by atoms with van der Waals surface area (Å²) < 4.78 is 21.0. The maximum absolute atomic E-state index is 10.9. The zero-order chi connectivity index (χ0) is 10.1. The van der Waals surface area contributed by atoms with Gasteiger partial charge in [-0.05, 0) is 6.07 Å². The highest BCUT2D eigenvalue weighted by Gasteiger charge is 2.00. The third kappa shape index (κ3) is 1.54. The Labute approximate surface area is 80.3 Å². The molecule has 7 heteroatoms. The van der Waals surface area contributed by atoms with Crippen LogP contribution in [-0.2, 0) is 11.1 Å². The largest absolute Gasteiger partial charge is 0.766 e. The Bertz CT molecular complexity index is 565. The van der Waals surface area contributed by atoms with Gasteiger partial charge in [0.1, 0.15) is 5.65 Å². The molecule has 0 bridgehead atoms. The van der Waals surface area contributed by atoms with Crippen molar-refractivity contribution in [3.8, 4) is 0 Å². The minimum atomic E-state index is -2.49. The molecule has 0 radical (unpaired) electrons. The molecular weight excluding hydrogens is 206 g/mol. The van der Waals surface area contributed by atoms with Gasteiger partial charge in [-0.2, -0.15) is 0 Å². The summed E-state index contributed by atoms with van der Waals surface area (Å²) in [5.41, 5.74) is -0.120. The van der Waals surface area contributed by atoms with Gasteiger partial charge < -0.3 is 9.54 Å². The van der Waals surface area contributed by atoms with Crippen molar-refractivity contribution in [2.45, 2.75) is 5.16 Å². The Hall–Kier alpha value is -1.60. The second-order valence-corrected chi connectivity index (χ2v) is 3.35. The molecule has 2 aromatic rings. The number of hydrogen-bond acceptors (Lipinski definition) is 5. The summed E-state index contributed by atoms with van der Waals surface area (Å²) >= 11 is -2.49. The lowest BCUT2D eigenvalue weighted by Gasteiger charge is -2.02. The van der Waals surface area contributed by atoms with Crippen molar-refractivity contribution in [3.63, 3.8) is 0 Å². The summed E-state index contributed by atoms with van der Waals surface area (Å²) in [5, 5.41) is 0.248. The summed E-state index contributed by atoms with van der Waals surface area (Å²) in [4.78, 5) is 20.5. The Morgan fingerprint density at radius 3 is 2.93 bits per heavy atom. The van der Waals surface area contributed by atoms with Crippen molar-refractivity contribution in [3.05, 3.63) is 28.7 Å². The predicted octanol–water partition coefficient (Wildman–Crippen LogP) is -0.444. The first kappa shape index (κ1) is 8.97. The molecule has 1 atom stereocenters. The molecule has 0 amide bonds. The fourth-order valence-electron chi connectivity index (χ4n) is 1.00. The van der Waals surface area contributed by atoms with E-state index in [1.165, 1.54) is 18.3 Å². The van der Waals surface area contributed by atoms with E-state index in [9.17, 15) is 13.6 Å².